The number of thiazole rings is 1. The Labute approximate surface area is 143 Å². The minimum Gasteiger partial charge on any atom is -0.357 e. The van der Waals surface area contributed by atoms with Crippen molar-refractivity contribution in [1.29, 1.82) is 0 Å². The van der Waals surface area contributed by atoms with Gasteiger partial charge in [0.25, 0.3) is 5.91 Å². The number of rotatable bonds is 5. The number of hydrogen-bond acceptors (Lipinski definition) is 7. The van der Waals surface area contributed by atoms with Crippen LogP contribution in [0.15, 0.2) is 22.4 Å². The van der Waals surface area contributed by atoms with Crippen LogP contribution in [0.2, 0.25) is 0 Å². The number of amides is 1. The smallest absolute Gasteiger partial charge is 0.357 e. The lowest BCUT2D eigenvalue weighted by Gasteiger charge is -2.06. The maximum atomic E-state index is 12.5. The zero-order valence-corrected chi connectivity index (χ0v) is 14.5. The summed E-state index contributed by atoms with van der Waals surface area (Å²) in [7, 11) is -5.15. The second-order valence-electron chi connectivity index (χ2n) is 4.79. The van der Waals surface area contributed by atoms with Gasteiger partial charge in [0, 0.05) is 10.9 Å². The SMILES string of the molecule is O=C(Nc1cncc(OS(=O)(=O)F)c1)c1nc(Br)sc1C1CC1. The normalized spacial score (nSPS) is 14.5. The lowest BCUT2D eigenvalue weighted by Crippen LogP contribution is -2.14. The maximum absolute atomic E-state index is 12.5. The number of pyridine rings is 1. The van der Waals surface area contributed by atoms with Crippen LogP contribution in [0.3, 0.4) is 0 Å². The number of anilines is 1. The predicted octanol–water partition coefficient (Wildman–Crippen LogP) is 3.02. The van der Waals surface area contributed by atoms with Crippen LogP contribution < -0.4 is 9.50 Å². The highest BCUT2D eigenvalue weighted by molar-refractivity contribution is 9.11. The monoisotopic (exact) mass is 421 g/mol. The summed E-state index contributed by atoms with van der Waals surface area (Å²) < 4.78 is 38.1. The predicted molar refractivity (Wildman–Crippen MR) is 84.6 cm³/mol. The summed E-state index contributed by atoms with van der Waals surface area (Å²) >= 11 is 4.67. The molecule has 1 amide bonds. The summed E-state index contributed by atoms with van der Waals surface area (Å²) in [6, 6.07) is 1.15. The number of nitrogens with one attached hydrogen (secondary N) is 1. The molecule has 0 aromatic carbocycles. The Kier molecular flexibility index (Phi) is 4.34. The maximum Gasteiger partial charge on any atom is 0.488 e. The average molecular weight is 422 g/mol. The zero-order valence-electron chi connectivity index (χ0n) is 11.3. The van der Waals surface area contributed by atoms with Crippen molar-refractivity contribution in [3.05, 3.63) is 32.9 Å². The van der Waals surface area contributed by atoms with Gasteiger partial charge in [0.2, 0.25) is 0 Å². The standard InChI is InChI=1S/C12H9BrFN3O4S2/c13-12-17-9(10(22-12)6-1-2-6)11(18)16-7-3-8(5-15-4-7)21-23(14,19)20/h3-6H,1-2H2,(H,16,18). The molecule has 122 valence electrons. The fourth-order valence-electron chi connectivity index (χ4n) is 1.93. The number of carbonyl (C=O) groups is 1. The van der Waals surface area contributed by atoms with Crippen molar-refractivity contribution < 1.29 is 21.3 Å². The molecule has 1 saturated carbocycles. The first-order chi connectivity index (χ1) is 10.8. The van der Waals surface area contributed by atoms with Crippen LogP contribution in [-0.2, 0) is 10.5 Å². The summed E-state index contributed by atoms with van der Waals surface area (Å²) in [5.41, 5.74) is 0.482. The van der Waals surface area contributed by atoms with Crippen molar-refractivity contribution in [3.8, 4) is 5.75 Å². The van der Waals surface area contributed by atoms with Crippen molar-refractivity contribution in [3.63, 3.8) is 0 Å². The van der Waals surface area contributed by atoms with Crippen LogP contribution in [-0.4, -0.2) is 24.3 Å². The van der Waals surface area contributed by atoms with E-state index < -0.39 is 16.4 Å². The number of aromatic nitrogens is 2. The minimum atomic E-state index is -5.15. The van der Waals surface area contributed by atoms with E-state index in [1.165, 1.54) is 17.5 Å². The van der Waals surface area contributed by atoms with Gasteiger partial charge in [0.15, 0.2) is 9.67 Å². The molecule has 2 aromatic rings. The van der Waals surface area contributed by atoms with Gasteiger partial charge in [-0.05, 0) is 34.7 Å². The third-order valence-corrected chi connectivity index (χ3v) is 5.02. The molecule has 0 unspecified atom stereocenters. The van der Waals surface area contributed by atoms with E-state index in [9.17, 15) is 17.1 Å². The third kappa shape index (κ3) is 4.24. The zero-order chi connectivity index (χ0) is 16.6. The molecular formula is C12H9BrFN3O4S2. The van der Waals surface area contributed by atoms with E-state index in [1.54, 1.807) is 0 Å². The van der Waals surface area contributed by atoms with Gasteiger partial charge >= 0.3 is 10.5 Å². The number of halogens is 2. The quantitative estimate of drug-likeness (QED) is 0.744. The molecule has 23 heavy (non-hydrogen) atoms. The van der Waals surface area contributed by atoms with Crippen LogP contribution in [0.5, 0.6) is 5.75 Å². The average Bonchev–Trinajstić information content (AvgIpc) is 3.20. The van der Waals surface area contributed by atoms with Gasteiger partial charge in [0.1, 0.15) is 5.69 Å². The molecule has 11 heteroatoms. The molecule has 0 saturated heterocycles. The van der Waals surface area contributed by atoms with E-state index in [-0.39, 0.29) is 11.4 Å². The summed E-state index contributed by atoms with van der Waals surface area (Å²) in [6.45, 7) is 0. The molecule has 1 aliphatic carbocycles. The van der Waals surface area contributed by atoms with Crippen molar-refractivity contribution in [2.45, 2.75) is 18.8 Å². The Morgan fingerprint density at radius 3 is 2.83 bits per heavy atom. The van der Waals surface area contributed by atoms with Crippen LogP contribution in [0.25, 0.3) is 0 Å². The van der Waals surface area contributed by atoms with Gasteiger partial charge < -0.3 is 9.50 Å². The van der Waals surface area contributed by atoms with Gasteiger partial charge in [-0.1, -0.05) is 3.89 Å². The molecule has 3 rings (SSSR count). The van der Waals surface area contributed by atoms with Gasteiger partial charge in [-0.3, -0.25) is 9.78 Å². The lowest BCUT2D eigenvalue weighted by atomic mass is 10.2. The first kappa shape index (κ1) is 16.3. The van der Waals surface area contributed by atoms with Crippen LogP contribution in [0.4, 0.5) is 9.57 Å². The number of nitrogens with zero attached hydrogens (tertiary/aromatic N) is 2. The Morgan fingerprint density at radius 2 is 2.17 bits per heavy atom. The lowest BCUT2D eigenvalue weighted by molar-refractivity contribution is 0.102. The summed E-state index contributed by atoms with van der Waals surface area (Å²) in [5.74, 6) is -0.438. The third-order valence-electron chi connectivity index (χ3n) is 2.96. The van der Waals surface area contributed by atoms with E-state index in [4.69, 9.17) is 0 Å². The van der Waals surface area contributed by atoms with Gasteiger partial charge in [-0.15, -0.1) is 11.3 Å². The second kappa shape index (κ2) is 6.13. The second-order valence-corrected chi connectivity index (χ2v) is 8.05. The first-order valence-electron chi connectivity index (χ1n) is 6.38. The van der Waals surface area contributed by atoms with E-state index in [0.717, 1.165) is 30.0 Å². The van der Waals surface area contributed by atoms with Gasteiger partial charge in [-0.25, -0.2) is 4.98 Å². The van der Waals surface area contributed by atoms with E-state index in [0.29, 0.717) is 15.5 Å². The summed E-state index contributed by atoms with van der Waals surface area (Å²) in [4.78, 5) is 21.1. The molecular weight excluding hydrogens is 413 g/mol. The van der Waals surface area contributed by atoms with Gasteiger partial charge in [0.05, 0.1) is 18.1 Å². The topological polar surface area (TPSA) is 98.2 Å². The highest BCUT2D eigenvalue weighted by atomic mass is 79.9. The fraction of sp³-hybridized carbons (Fsp3) is 0.250. The summed E-state index contributed by atoms with van der Waals surface area (Å²) in [5, 5.41) is 2.55. The fourth-order valence-corrected chi connectivity index (χ4v) is 3.91. The number of carbonyl (C=O) groups excluding carboxylic acids is 1. The Bertz CT molecular complexity index is 867. The van der Waals surface area contributed by atoms with E-state index in [1.807, 2.05) is 0 Å². The Hall–Kier alpha value is -1.59. The molecule has 2 aromatic heterocycles. The highest BCUT2D eigenvalue weighted by Crippen LogP contribution is 2.45. The van der Waals surface area contributed by atoms with Crippen molar-refractivity contribution >= 4 is 49.4 Å². The van der Waals surface area contributed by atoms with Crippen LogP contribution >= 0.6 is 27.3 Å². The molecule has 7 nitrogen and oxygen atoms in total. The van der Waals surface area contributed by atoms with Crippen molar-refractivity contribution in [1.82, 2.24) is 9.97 Å². The van der Waals surface area contributed by atoms with Crippen molar-refractivity contribution in [2.24, 2.45) is 0 Å². The minimum absolute atomic E-state index is 0.169. The summed E-state index contributed by atoms with van der Waals surface area (Å²) in [6.07, 6.45) is 4.35. The Balaban J connectivity index is 1.79. The van der Waals surface area contributed by atoms with Crippen LogP contribution in [0.1, 0.15) is 34.1 Å². The molecule has 0 aliphatic heterocycles. The largest absolute Gasteiger partial charge is 0.488 e. The molecule has 0 radical (unpaired) electrons. The molecule has 1 N–H and O–H groups in total. The highest BCUT2D eigenvalue weighted by Gasteiger charge is 2.31. The van der Waals surface area contributed by atoms with E-state index in [2.05, 4.69) is 35.4 Å². The molecule has 0 bridgehead atoms. The Morgan fingerprint density at radius 1 is 1.43 bits per heavy atom. The number of hydrogen-bond donors (Lipinski definition) is 1. The molecule has 0 spiro atoms. The molecule has 2 heterocycles. The van der Waals surface area contributed by atoms with Gasteiger partial charge in [-0.2, -0.15) is 8.42 Å². The van der Waals surface area contributed by atoms with E-state index >= 15 is 0 Å². The molecule has 1 aliphatic rings. The van der Waals surface area contributed by atoms with Crippen LogP contribution in [0, 0.1) is 0 Å². The molecule has 0 atom stereocenters. The first-order valence-corrected chi connectivity index (χ1v) is 9.30. The van der Waals surface area contributed by atoms with Crippen molar-refractivity contribution in [2.75, 3.05) is 5.32 Å². The molecule has 1 fully saturated rings.